The van der Waals surface area contributed by atoms with Crippen LogP contribution in [0.15, 0.2) is 14.3 Å². The Balaban J connectivity index is 0.00000144. The predicted octanol–water partition coefficient (Wildman–Crippen LogP) is 4.03. The molecule has 0 amide bonds. The number of piperazine rings is 1. The molecular formula is C10H15Br2Cl2FN2S. The van der Waals surface area contributed by atoms with Crippen LogP contribution < -0.4 is 5.32 Å². The molecule has 2 rings (SSSR count). The van der Waals surface area contributed by atoms with Crippen LogP contribution in [0.1, 0.15) is 10.9 Å². The summed E-state index contributed by atoms with van der Waals surface area (Å²) < 4.78 is 15.2. The van der Waals surface area contributed by atoms with E-state index >= 15 is 0 Å². The Morgan fingerprint density at radius 2 is 1.94 bits per heavy atom. The SMILES string of the molecule is Cl.Cl.FC[C@@H](c1cc(Br)c(Br)s1)N1CCNCC1. The molecule has 2 nitrogen and oxygen atoms in total. The van der Waals surface area contributed by atoms with E-state index in [1.54, 1.807) is 11.3 Å². The molecule has 8 heteroatoms. The molecule has 0 aliphatic carbocycles. The van der Waals surface area contributed by atoms with Gasteiger partial charge < -0.3 is 5.32 Å². The average Bonchev–Trinajstić information content (AvgIpc) is 2.61. The highest BCUT2D eigenvalue weighted by atomic mass is 79.9. The van der Waals surface area contributed by atoms with Crippen LogP contribution in [0, 0.1) is 0 Å². The minimum Gasteiger partial charge on any atom is -0.314 e. The van der Waals surface area contributed by atoms with Crippen LogP contribution in [0.25, 0.3) is 0 Å². The molecule has 106 valence electrons. The van der Waals surface area contributed by atoms with E-state index in [-0.39, 0.29) is 37.5 Å². The van der Waals surface area contributed by atoms with Crippen molar-refractivity contribution in [3.63, 3.8) is 0 Å². The van der Waals surface area contributed by atoms with Crippen LogP contribution in [0.2, 0.25) is 0 Å². The molecule has 1 aliphatic rings. The maximum Gasteiger partial charge on any atom is 0.110 e. The number of thiophene rings is 1. The zero-order valence-corrected chi connectivity index (χ0v) is 15.1. The topological polar surface area (TPSA) is 15.3 Å². The Morgan fingerprint density at radius 3 is 2.39 bits per heavy atom. The second-order valence-electron chi connectivity index (χ2n) is 3.73. The van der Waals surface area contributed by atoms with Gasteiger partial charge >= 0.3 is 0 Å². The van der Waals surface area contributed by atoms with E-state index in [2.05, 4.69) is 42.1 Å². The van der Waals surface area contributed by atoms with E-state index in [0.717, 1.165) is 39.3 Å². The first-order valence-corrected chi connectivity index (χ1v) is 7.58. The molecule has 0 bridgehead atoms. The highest BCUT2D eigenvalue weighted by Gasteiger charge is 2.24. The second-order valence-corrected chi connectivity index (χ2v) is 6.98. The van der Waals surface area contributed by atoms with Crippen LogP contribution >= 0.6 is 68.0 Å². The van der Waals surface area contributed by atoms with Crippen molar-refractivity contribution in [1.82, 2.24) is 10.2 Å². The number of nitrogens with one attached hydrogen (secondary N) is 1. The Bertz CT molecular complexity index is 342. The Hall–Kier alpha value is 1.09. The molecule has 1 N–H and O–H groups in total. The van der Waals surface area contributed by atoms with Gasteiger partial charge in [0.05, 0.1) is 9.83 Å². The molecule has 1 aliphatic heterocycles. The molecule has 0 unspecified atom stereocenters. The van der Waals surface area contributed by atoms with Gasteiger partial charge in [-0.05, 0) is 37.9 Å². The fourth-order valence-electron chi connectivity index (χ4n) is 1.87. The third-order valence-corrected chi connectivity index (χ3v) is 6.09. The molecular weight excluding hydrogens is 430 g/mol. The second kappa shape index (κ2) is 9.10. The number of hydrogen-bond donors (Lipinski definition) is 1. The van der Waals surface area contributed by atoms with Crippen molar-refractivity contribution in [2.24, 2.45) is 0 Å². The normalized spacial score (nSPS) is 17.7. The van der Waals surface area contributed by atoms with Gasteiger partial charge in [-0.2, -0.15) is 0 Å². The maximum absolute atomic E-state index is 13.2. The van der Waals surface area contributed by atoms with Gasteiger partial charge in [0, 0.05) is 35.5 Å². The van der Waals surface area contributed by atoms with Crippen molar-refractivity contribution >= 4 is 68.0 Å². The van der Waals surface area contributed by atoms with E-state index < -0.39 is 0 Å². The third kappa shape index (κ3) is 4.58. The lowest BCUT2D eigenvalue weighted by molar-refractivity contribution is 0.150. The number of nitrogens with zero attached hydrogens (tertiary/aromatic N) is 1. The number of hydrogen-bond acceptors (Lipinski definition) is 3. The molecule has 1 saturated heterocycles. The summed E-state index contributed by atoms with van der Waals surface area (Å²) in [6.07, 6.45) is 0. The van der Waals surface area contributed by atoms with Crippen molar-refractivity contribution in [3.05, 3.63) is 19.2 Å². The summed E-state index contributed by atoms with van der Waals surface area (Å²) in [5.41, 5.74) is 0. The molecule has 18 heavy (non-hydrogen) atoms. The fraction of sp³-hybridized carbons (Fsp3) is 0.600. The maximum atomic E-state index is 13.2. The van der Waals surface area contributed by atoms with Gasteiger partial charge in [-0.25, -0.2) is 4.39 Å². The first-order chi connectivity index (χ1) is 7.72. The molecule has 1 aromatic rings. The van der Waals surface area contributed by atoms with Crippen molar-refractivity contribution in [2.45, 2.75) is 6.04 Å². The predicted molar refractivity (Wildman–Crippen MR) is 87.4 cm³/mol. The summed E-state index contributed by atoms with van der Waals surface area (Å²) in [7, 11) is 0. The molecule has 2 heterocycles. The largest absolute Gasteiger partial charge is 0.314 e. The number of halogens is 5. The lowest BCUT2D eigenvalue weighted by Crippen LogP contribution is -2.45. The summed E-state index contributed by atoms with van der Waals surface area (Å²) >= 11 is 8.51. The van der Waals surface area contributed by atoms with Gasteiger partial charge in [0.2, 0.25) is 0 Å². The van der Waals surface area contributed by atoms with Gasteiger partial charge in [-0.3, -0.25) is 4.90 Å². The summed E-state index contributed by atoms with van der Waals surface area (Å²) in [5.74, 6) is 0. The monoisotopic (exact) mass is 442 g/mol. The standard InChI is InChI=1S/C10H13Br2FN2S.2ClH/c11-7-5-9(16-10(7)12)8(6-13)15-3-1-14-2-4-15;;/h5,8,14H,1-4,6H2;2*1H/t8-;;/m0../s1. The minimum atomic E-state index is -0.320. The Labute approximate surface area is 140 Å². The first-order valence-electron chi connectivity index (χ1n) is 5.18. The Morgan fingerprint density at radius 1 is 1.33 bits per heavy atom. The summed E-state index contributed by atoms with van der Waals surface area (Å²) in [4.78, 5) is 3.30. The van der Waals surface area contributed by atoms with Crippen molar-refractivity contribution < 1.29 is 4.39 Å². The smallest absolute Gasteiger partial charge is 0.110 e. The first kappa shape index (κ1) is 19.1. The zero-order valence-electron chi connectivity index (χ0n) is 9.50. The Kier molecular flexibility index (Phi) is 9.66. The van der Waals surface area contributed by atoms with Crippen LogP contribution in [0.5, 0.6) is 0 Å². The number of rotatable bonds is 3. The van der Waals surface area contributed by atoms with Gasteiger partial charge in [-0.15, -0.1) is 36.2 Å². The van der Waals surface area contributed by atoms with Crippen LogP contribution in [0.3, 0.4) is 0 Å². The molecule has 0 saturated carbocycles. The van der Waals surface area contributed by atoms with Crippen molar-refractivity contribution in [3.8, 4) is 0 Å². The summed E-state index contributed by atoms with van der Waals surface area (Å²) in [6.45, 7) is 3.41. The van der Waals surface area contributed by atoms with Crippen molar-refractivity contribution in [1.29, 1.82) is 0 Å². The van der Waals surface area contributed by atoms with E-state index in [1.165, 1.54) is 0 Å². The minimum absolute atomic E-state index is 0. The summed E-state index contributed by atoms with van der Waals surface area (Å²) in [6, 6.07) is 1.93. The lowest BCUT2D eigenvalue weighted by Gasteiger charge is -2.32. The van der Waals surface area contributed by atoms with Gasteiger partial charge in [0.25, 0.3) is 0 Å². The van der Waals surface area contributed by atoms with Gasteiger partial charge in [-0.1, -0.05) is 0 Å². The van der Waals surface area contributed by atoms with E-state index in [0.29, 0.717) is 0 Å². The number of alkyl halides is 1. The summed E-state index contributed by atoms with van der Waals surface area (Å²) in [5, 5.41) is 3.28. The van der Waals surface area contributed by atoms with Gasteiger partial charge in [0.1, 0.15) is 6.67 Å². The fourth-order valence-corrected chi connectivity index (χ4v) is 4.08. The average molecular weight is 445 g/mol. The van der Waals surface area contributed by atoms with Gasteiger partial charge in [0.15, 0.2) is 0 Å². The van der Waals surface area contributed by atoms with Crippen LogP contribution in [0.4, 0.5) is 4.39 Å². The van der Waals surface area contributed by atoms with Crippen LogP contribution in [-0.2, 0) is 0 Å². The third-order valence-electron chi connectivity index (χ3n) is 2.73. The molecule has 0 spiro atoms. The lowest BCUT2D eigenvalue weighted by atomic mass is 10.2. The molecule has 1 atom stereocenters. The van der Waals surface area contributed by atoms with Crippen molar-refractivity contribution in [2.75, 3.05) is 32.9 Å². The van der Waals surface area contributed by atoms with E-state index in [1.807, 2.05) is 6.07 Å². The van der Waals surface area contributed by atoms with Crippen LogP contribution in [-0.4, -0.2) is 37.8 Å². The zero-order chi connectivity index (χ0) is 11.5. The highest BCUT2D eigenvalue weighted by molar-refractivity contribution is 9.13. The quantitative estimate of drug-likeness (QED) is 0.757. The molecule has 0 aromatic carbocycles. The molecule has 1 aromatic heterocycles. The van der Waals surface area contributed by atoms with E-state index in [9.17, 15) is 4.39 Å². The highest BCUT2D eigenvalue weighted by Crippen LogP contribution is 2.37. The molecule has 0 radical (unpaired) electrons. The molecule has 1 fully saturated rings. The van der Waals surface area contributed by atoms with E-state index in [4.69, 9.17) is 0 Å².